The second-order valence-corrected chi connectivity index (χ2v) is 5.75. The average Bonchev–Trinajstić information content (AvgIpc) is 2.61. The summed E-state index contributed by atoms with van der Waals surface area (Å²) in [6.45, 7) is 2.27. The van der Waals surface area contributed by atoms with E-state index >= 15 is 0 Å². The maximum absolute atomic E-state index is 11.0. The number of carboxylic acids is 1. The van der Waals surface area contributed by atoms with Gasteiger partial charge in [-0.05, 0) is 55.2 Å². The van der Waals surface area contributed by atoms with E-state index in [4.69, 9.17) is 5.11 Å². The van der Waals surface area contributed by atoms with E-state index < -0.39 is 5.97 Å². The quantitative estimate of drug-likeness (QED) is 0.864. The van der Waals surface area contributed by atoms with Crippen molar-refractivity contribution in [3.8, 4) is 0 Å². The Labute approximate surface area is 136 Å². The Morgan fingerprint density at radius 3 is 2.48 bits per heavy atom. The van der Waals surface area contributed by atoms with E-state index in [0.717, 1.165) is 18.7 Å². The normalized spacial score (nSPS) is 15.0. The molecule has 1 heterocycles. The first-order valence-electron chi connectivity index (χ1n) is 7.95. The Kier molecular flexibility index (Phi) is 4.71. The average molecular weight is 308 g/mol. The van der Waals surface area contributed by atoms with Crippen molar-refractivity contribution >= 4 is 23.6 Å². The molecule has 2 aromatic rings. The molecular formula is C19H20N2O2. The van der Waals surface area contributed by atoms with Crippen molar-refractivity contribution < 1.29 is 9.90 Å². The molecule has 4 heteroatoms. The summed E-state index contributed by atoms with van der Waals surface area (Å²) in [6.07, 6.45) is 5.63. The number of carbonyl (C=O) groups is 1. The van der Waals surface area contributed by atoms with Crippen LogP contribution in [-0.2, 0) is 0 Å². The molecule has 1 N–H and O–H groups in total. The topological polar surface area (TPSA) is 52.9 Å². The Hall–Kier alpha value is -2.62. The second-order valence-electron chi connectivity index (χ2n) is 5.75. The van der Waals surface area contributed by atoms with Gasteiger partial charge in [0.05, 0.1) is 11.3 Å². The van der Waals surface area contributed by atoms with Gasteiger partial charge in [-0.1, -0.05) is 18.2 Å². The summed E-state index contributed by atoms with van der Waals surface area (Å²) in [7, 11) is 0. The van der Waals surface area contributed by atoms with Crippen LogP contribution >= 0.6 is 0 Å². The highest BCUT2D eigenvalue weighted by Gasteiger charge is 2.10. The van der Waals surface area contributed by atoms with Gasteiger partial charge in [-0.3, -0.25) is 4.99 Å². The lowest BCUT2D eigenvalue weighted by atomic mass is 10.1. The SMILES string of the molecule is O=C(O)c1cccc(N=Cc2ccc(N3CCCCC3)cc2)c1. The first-order chi connectivity index (χ1) is 11.2. The van der Waals surface area contributed by atoms with E-state index in [1.54, 1.807) is 30.5 Å². The molecule has 2 aromatic carbocycles. The van der Waals surface area contributed by atoms with Crippen molar-refractivity contribution in [2.45, 2.75) is 19.3 Å². The molecule has 0 aromatic heterocycles. The van der Waals surface area contributed by atoms with E-state index in [2.05, 4.69) is 34.2 Å². The molecule has 118 valence electrons. The number of anilines is 1. The van der Waals surface area contributed by atoms with Crippen molar-refractivity contribution in [2.75, 3.05) is 18.0 Å². The number of hydrogen-bond donors (Lipinski definition) is 1. The van der Waals surface area contributed by atoms with Gasteiger partial charge in [0.15, 0.2) is 0 Å². The summed E-state index contributed by atoms with van der Waals surface area (Å²) in [5.41, 5.74) is 3.16. The summed E-state index contributed by atoms with van der Waals surface area (Å²) in [4.78, 5) is 17.7. The Morgan fingerprint density at radius 2 is 1.78 bits per heavy atom. The largest absolute Gasteiger partial charge is 0.478 e. The summed E-state index contributed by atoms with van der Waals surface area (Å²) >= 11 is 0. The van der Waals surface area contributed by atoms with Crippen LogP contribution in [0.1, 0.15) is 35.2 Å². The number of piperidine rings is 1. The van der Waals surface area contributed by atoms with E-state index in [0.29, 0.717) is 5.69 Å². The fourth-order valence-electron chi connectivity index (χ4n) is 2.79. The highest BCUT2D eigenvalue weighted by molar-refractivity contribution is 5.89. The number of carboxylic acid groups (broad SMARTS) is 1. The number of rotatable bonds is 4. The Morgan fingerprint density at radius 1 is 1.04 bits per heavy atom. The number of benzene rings is 2. The van der Waals surface area contributed by atoms with E-state index in [-0.39, 0.29) is 5.56 Å². The maximum atomic E-state index is 11.0. The number of hydrogen-bond acceptors (Lipinski definition) is 3. The molecule has 0 unspecified atom stereocenters. The van der Waals surface area contributed by atoms with Gasteiger partial charge in [-0.15, -0.1) is 0 Å². The van der Waals surface area contributed by atoms with Crippen molar-refractivity contribution in [3.05, 3.63) is 59.7 Å². The van der Waals surface area contributed by atoms with Crippen molar-refractivity contribution in [1.82, 2.24) is 0 Å². The van der Waals surface area contributed by atoms with Crippen LogP contribution in [0.25, 0.3) is 0 Å². The molecule has 0 saturated carbocycles. The first kappa shape index (κ1) is 15.3. The monoisotopic (exact) mass is 308 g/mol. The van der Waals surface area contributed by atoms with Crippen LogP contribution in [0.2, 0.25) is 0 Å². The first-order valence-corrected chi connectivity index (χ1v) is 7.95. The lowest BCUT2D eigenvalue weighted by Gasteiger charge is -2.28. The molecule has 23 heavy (non-hydrogen) atoms. The van der Waals surface area contributed by atoms with Crippen LogP contribution in [0, 0.1) is 0 Å². The molecule has 0 atom stereocenters. The van der Waals surface area contributed by atoms with Crippen LogP contribution in [0.3, 0.4) is 0 Å². The fourth-order valence-corrected chi connectivity index (χ4v) is 2.79. The molecule has 1 fully saturated rings. The minimum Gasteiger partial charge on any atom is -0.478 e. The van der Waals surface area contributed by atoms with Gasteiger partial charge in [0.2, 0.25) is 0 Å². The van der Waals surface area contributed by atoms with Crippen LogP contribution in [-0.4, -0.2) is 30.4 Å². The van der Waals surface area contributed by atoms with Gasteiger partial charge in [0.25, 0.3) is 0 Å². The molecule has 0 spiro atoms. The summed E-state index contributed by atoms with van der Waals surface area (Å²) < 4.78 is 0. The third kappa shape index (κ3) is 3.97. The summed E-state index contributed by atoms with van der Waals surface area (Å²) in [5.74, 6) is -0.937. The van der Waals surface area contributed by atoms with Crippen molar-refractivity contribution in [2.24, 2.45) is 4.99 Å². The molecule has 1 aliphatic rings. The van der Waals surface area contributed by atoms with Gasteiger partial charge in [0, 0.05) is 25.0 Å². The Bertz CT molecular complexity index is 702. The zero-order valence-electron chi connectivity index (χ0n) is 13.0. The molecule has 0 radical (unpaired) electrons. The number of aliphatic imine (C=N–C) groups is 1. The lowest BCUT2D eigenvalue weighted by Crippen LogP contribution is -2.29. The summed E-state index contributed by atoms with van der Waals surface area (Å²) in [6, 6.07) is 15.0. The fraction of sp³-hybridized carbons (Fsp3) is 0.263. The standard InChI is InChI=1S/C19H20N2O2/c22-19(23)16-5-4-6-17(13-16)20-14-15-7-9-18(10-8-15)21-11-2-1-3-12-21/h4-10,13-14H,1-3,11-12H2,(H,22,23). The van der Waals surface area contributed by atoms with Gasteiger partial charge in [-0.2, -0.15) is 0 Å². The predicted molar refractivity (Wildman–Crippen MR) is 93.2 cm³/mol. The predicted octanol–water partition coefficient (Wildman–Crippen LogP) is 4.13. The number of nitrogens with zero attached hydrogens (tertiary/aromatic N) is 2. The third-order valence-electron chi connectivity index (χ3n) is 4.07. The zero-order chi connectivity index (χ0) is 16.1. The highest BCUT2D eigenvalue weighted by Crippen LogP contribution is 2.20. The highest BCUT2D eigenvalue weighted by atomic mass is 16.4. The van der Waals surface area contributed by atoms with Crippen LogP contribution in [0.4, 0.5) is 11.4 Å². The molecule has 0 aliphatic carbocycles. The summed E-state index contributed by atoms with van der Waals surface area (Å²) in [5, 5.41) is 8.99. The lowest BCUT2D eigenvalue weighted by molar-refractivity contribution is 0.0697. The molecule has 0 bridgehead atoms. The minimum atomic E-state index is -0.937. The van der Waals surface area contributed by atoms with Crippen LogP contribution in [0.15, 0.2) is 53.5 Å². The van der Waals surface area contributed by atoms with Gasteiger partial charge in [-0.25, -0.2) is 4.79 Å². The van der Waals surface area contributed by atoms with Gasteiger partial charge in [0.1, 0.15) is 0 Å². The zero-order valence-corrected chi connectivity index (χ0v) is 13.0. The molecule has 1 saturated heterocycles. The van der Waals surface area contributed by atoms with E-state index in [1.807, 2.05) is 0 Å². The minimum absolute atomic E-state index is 0.250. The van der Waals surface area contributed by atoms with Crippen LogP contribution < -0.4 is 4.90 Å². The third-order valence-corrected chi connectivity index (χ3v) is 4.07. The molecule has 0 amide bonds. The van der Waals surface area contributed by atoms with Crippen molar-refractivity contribution in [3.63, 3.8) is 0 Å². The molecule has 4 nitrogen and oxygen atoms in total. The van der Waals surface area contributed by atoms with E-state index in [1.165, 1.54) is 24.9 Å². The smallest absolute Gasteiger partial charge is 0.335 e. The number of aromatic carboxylic acids is 1. The molecule has 3 rings (SSSR count). The Balaban J connectivity index is 1.70. The van der Waals surface area contributed by atoms with Crippen LogP contribution in [0.5, 0.6) is 0 Å². The second kappa shape index (κ2) is 7.09. The molecular weight excluding hydrogens is 288 g/mol. The molecule has 1 aliphatic heterocycles. The van der Waals surface area contributed by atoms with Gasteiger partial charge < -0.3 is 10.0 Å². The van der Waals surface area contributed by atoms with E-state index in [9.17, 15) is 4.79 Å². The van der Waals surface area contributed by atoms with Gasteiger partial charge >= 0.3 is 5.97 Å². The van der Waals surface area contributed by atoms with Crippen molar-refractivity contribution in [1.29, 1.82) is 0 Å². The maximum Gasteiger partial charge on any atom is 0.335 e.